The van der Waals surface area contributed by atoms with Gasteiger partial charge in [-0.2, -0.15) is 0 Å². The molecule has 1 heterocycles. The Morgan fingerprint density at radius 1 is 1.22 bits per heavy atom. The van der Waals surface area contributed by atoms with Crippen LogP contribution < -0.4 is 10.1 Å². The fraction of sp³-hybridized carbons (Fsp3) is 0.211. The Morgan fingerprint density at radius 3 is 2.83 bits per heavy atom. The minimum atomic E-state index is -0.0981. The maximum Gasteiger partial charge on any atom is 0.229 e. The van der Waals surface area contributed by atoms with Gasteiger partial charge in [0.1, 0.15) is 11.3 Å². The molecule has 23 heavy (non-hydrogen) atoms. The molecule has 3 rings (SSSR count). The zero-order valence-electron chi connectivity index (χ0n) is 13.3. The van der Waals surface area contributed by atoms with Crippen molar-refractivity contribution in [3.63, 3.8) is 0 Å². The van der Waals surface area contributed by atoms with Crippen LogP contribution in [0.25, 0.3) is 11.0 Å². The average molecular weight is 309 g/mol. The first-order valence-corrected chi connectivity index (χ1v) is 7.63. The molecule has 118 valence electrons. The van der Waals surface area contributed by atoms with Gasteiger partial charge >= 0.3 is 0 Å². The van der Waals surface area contributed by atoms with Gasteiger partial charge in [0.15, 0.2) is 0 Å². The van der Waals surface area contributed by atoms with Crippen LogP contribution in [0.4, 0.5) is 5.69 Å². The van der Waals surface area contributed by atoms with E-state index in [4.69, 9.17) is 9.15 Å². The summed E-state index contributed by atoms with van der Waals surface area (Å²) in [6.45, 7) is 2.11. The molecule has 0 bridgehead atoms. The molecule has 0 aliphatic carbocycles. The molecular formula is C19H19NO3. The van der Waals surface area contributed by atoms with Gasteiger partial charge in [0.2, 0.25) is 5.91 Å². The number of aryl methyl sites for hydroxylation is 1. The predicted molar refractivity (Wildman–Crippen MR) is 90.9 cm³/mol. The van der Waals surface area contributed by atoms with Crippen LogP contribution in [0.2, 0.25) is 0 Å². The Kier molecular flexibility index (Phi) is 4.33. The van der Waals surface area contributed by atoms with Gasteiger partial charge < -0.3 is 14.5 Å². The summed E-state index contributed by atoms with van der Waals surface area (Å²) in [6.07, 6.45) is 2.87. The Morgan fingerprint density at radius 2 is 2.04 bits per heavy atom. The van der Waals surface area contributed by atoms with Gasteiger partial charge in [0.05, 0.1) is 25.5 Å². The maximum atomic E-state index is 12.3. The lowest BCUT2D eigenvalue weighted by atomic mass is 10.1. The lowest BCUT2D eigenvalue weighted by molar-refractivity contribution is -0.115. The van der Waals surface area contributed by atoms with Crippen molar-refractivity contribution >= 4 is 22.6 Å². The van der Waals surface area contributed by atoms with E-state index in [-0.39, 0.29) is 12.3 Å². The number of amides is 1. The first kappa shape index (κ1) is 15.2. The zero-order chi connectivity index (χ0) is 16.2. The summed E-state index contributed by atoms with van der Waals surface area (Å²) in [4.78, 5) is 12.3. The van der Waals surface area contributed by atoms with E-state index in [0.717, 1.165) is 23.0 Å². The highest BCUT2D eigenvalue weighted by molar-refractivity contribution is 5.96. The van der Waals surface area contributed by atoms with Gasteiger partial charge in [-0.05, 0) is 36.2 Å². The Balaban J connectivity index is 1.80. The molecule has 1 amide bonds. The van der Waals surface area contributed by atoms with E-state index >= 15 is 0 Å². The van der Waals surface area contributed by atoms with Crippen LogP contribution in [-0.2, 0) is 17.6 Å². The molecule has 0 saturated carbocycles. The second-order valence-electron chi connectivity index (χ2n) is 5.37. The summed E-state index contributed by atoms with van der Waals surface area (Å²) in [6, 6.07) is 13.4. The van der Waals surface area contributed by atoms with E-state index in [2.05, 4.69) is 18.3 Å². The fourth-order valence-corrected chi connectivity index (χ4v) is 2.60. The highest BCUT2D eigenvalue weighted by Crippen LogP contribution is 2.25. The number of para-hydroxylation sites is 2. The largest absolute Gasteiger partial charge is 0.495 e. The Labute approximate surface area is 135 Å². The molecule has 0 atom stereocenters. The molecule has 0 saturated heterocycles. The number of rotatable bonds is 5. The number of methoxy groups -OCH3 is 1. The number of carbonyl (C=O) groups is 1. The van der Waals surface area contributed by atoms with Crippen LogP contribution in [0, 0.1) is 0 Å². The Hall–Kier alpha value is -2.75. The van der Waals surface area contributed by atoms with Crippen molar-refractivity contribution in [2.75, 3.05) is 12.4 Å². The van der Waals surface area contributed by atoms with Gasteiger partial charge in [-0.25, -0.2) is 0 Å². The van der Waals surface area contributed by atoms with Crippen molar-refractivity contribution in [1.82, 2.24) is 0 Å². The quantitative estimate of drug-likeness (QED) is 0.769. The zero-order valence-corrected chi connectivity index (χ0v) is 13.3. The summed E-state index contributed by atoms with van der Waals surface area (Å²) in [5, 5.41) is 3.89. The van der Waals surface area contributed by atoms with Gasteiger partial charge in [-0.15, -0.1) is 0 Å². The van der Waals surface area contributed by atoms with E-state index in [1.54, 1.807) is 13.4 Å². The highest BCUT2D eigenvalue weighted by Gasteiger charge is 2.12. The molecule has 3 aromatic rings. The number of hydrogen-bond acceptors (Lipinski definition) is 3. The van der Waals surface area contributed by atoms with Crippen molar-refractivity contribution < 1.29 is 13.9 Å². The number of ether oxygens (including phenoxy) is 1. The second kappa shape index (κ2) is 6.57. The van der Waals surface area contributed by atoms with Crippen LogP contribution >= 0.6 is 0 Å². The number of fused-ring (bicyclic) bond motifs is 1. The number of nitrogens with one attached hydrogen (secondary N) is 1. The van der Waals surface area contributed by atoms with Crippen LogP contribution in [0.5, 0.6) is 5.75 Å². The second-order valence-corrected chi connectivity index (χ2v) is 5.37. The standard InChI is InChI=1S/C19H19NO3/c1-3-13-8-9-17-15(10-13)14(12-23-17)11-19(21)20-16-6-4-5-7-18(16)22-2/h4-10,12H,3,11H2,1-2H3,(H,20,21). The van der Waals surface area contributed by atoms with Crippen molar-refractivity contribution in [2.24, 2.45) is 0 Å². The molecule has 4 nitrogen and oxygen atoms in total. The molecule has 1 N–H and O–H groups in total. The van der Waals surface area contributed by atoms with Crippen LogP contribution in [0.15, 0.2) is 53.1 Å². The normalized spacial score (nSPS) is 10.7. The molecule has 2 aromatic carbocycles. The third-order valence-corrected chi connectivity index (χ3v) is 3.86. The van der Waals surface area contributed by atoms with E-state index in [1.165, 1.54) is 5.56 Å². The molecule has 0 unspecified atom stereocenters. The monoisotopic (exact) mass is 309 g/mol. The summed E-state index contributed by atoms with van der Waals surface area (Å²) in [5.41, 5.74) is 3.59. The van der Waals surface area contributed by atoms with Gasteiger partial charge in [-0.3, -0.25) is 4.79 Å². The molecule has 0 aliphatic rings. The number of anilines is 1. The minimum absolute atomic E-state index is 0.0981. The number of furan rings is 1. The summed E-state index contributed by atoms with van der Waals surface area (Å²) < 4.78 is 10.8. The number of hydrogen-bond donors (Lipinski definition) is 1. The van der Waals surface area contributed by atoms with Crippen molar-refractivity contribution in [1.29, 1.82) is 0 Å². The molecule has 1 aromatic heterocycles. The first-order chi connectivity index (χ1) is 11.2. The first-order valence-electron chi connectivity index (χ1n) is 7.63. The van der Waals surface area contributed by atoms with E-state index in [9.17, 15) is 4.79 Å². The summed E-state index contributed by atoms with van der Waals surface area (Å²) in [7, 11) is 1.58. The third-order valence-electron chi connectivity index (χ3n) is 3.86. The molecule has 0 spiro atoms. The number of benzene rings is 2. The third kappa shape index (κ3) is 3.21. The maximum absolute atomic E-state index is 12.3. The van der Waals surface area contributed by atoms with Crippen molar-refractivity contribution in [3.8, 4) is 5.75 Å². The predicted octanol–water partition coefficient (Wildman–Crippen LogP) is 4.19. The van der Waals surface area contributed by atoms with E-state index in [0.29, 0.717) is 11.4 Å². The molecule has 0 fully saturated rings. The molecule has 0 aliphatic heterocycles. The SMILES string of the molecule is CCc1ccc2occ(CC(=O)Nc3ccccc3OC)c2c1. The lowest BCUT2D eigenvalue weighted by Gasteiger charge is -2.09. The van der Waals surface area contributed by atoms with Crippen molar-refractivity contribution in [2.45, 2.75) is 19.8 Å². The molecule has 4 heteroatoms. The average Bonchev–Trinajstić information content (AvgIpc) is 2.97. The van der Waals surface area contributed by atoms with Crippen LogP contribution in [0.3, 0.4) is 0 Å². The summed E-state index contributed by atoms with van der Waals surface area (Å²) >= 11 is 0. The van der Waals surface area contributed by atoms with Gasteiger partial charge in [-0.1, -0.05) is 25.1 Å². The van der Waals surface area contributed by atoms with Gasteiger partial charge in [0.25, 0.3) is 0 Å². The highest BCUT2D eigenvalue weighted by atomic mass is 16.5. The summed E-state index contributed by atoms with van der Waals surface area (Å²) in [5.74, 6) is 0.547. The van der Waals surface area contributed by atoms with Crippen LogP contribution in [0.1, 0.15) is 18.1 Å². The van der Waals surface area contributed by atoms with E-state index in [1.807, 2.05) is 36.4 Å². The van der Waals surface area contributed by atoms with Gasteiger partial charge in [0, 0.05) is 10.9 Å². The number of carbonyl (C=O) groups excluding carboxylic acids is 1. The molecular weight excluding hydrogens is 290 g/mol. The Bertz CT molecular complexity index is 836. The minimum Gasteiger partial charge on any atom is -0.495 e. The smallest absolute Gasteiger partial charge is 0.229 e. The fourth-order valence-electron chi connectivity index (χ4n) is 2.60. The topological polar surface area (TPSA) is 51.5 Å². The lowest BCUT2D eigenvalue weighted by Crippen LogP contribution is -2.14. The van der Waals surface area contributed by atoms with E-state index < -0.39 is 0 Å². The van der Waals surface area contributed by atoms with Crippen molar-refractivity contribution in [3.05, 3.63) is 59.9 Å². The van der Waals surface area contributed by atoms with Crippen LogP contribution in [-0.4, -0.2) is 13.0 Å². The molecule has 0 radical (unpaired) electrons.